The molecule has 2 heterocycles. The molecule has 0 amide bonds. The van der Waals surface area contributed by atoms with Gasteiger partial charge in [0.05, 0.1) is 24.9 Å². The lowest BCUT2D eigenvalue weighted by Gasteiger charge is -2.12. The standard InChI is InChI=1S/C16H18N4O/c1-20(2)11-15-18-14-8-4-3-7-13(14)16(19-15)17-10-12-6-5-9-21-12/h3-9H,10-11H2,1-2H3,(H,17,18,19). The van der Waals surface area contributed by atoms with Crippen LogP contribution in [0.1, 0.15) is 11.6 Å². The lowest BCUT2D eigenvalue weighted by atomic mass is 10.2. The van der Waals surface area contributed by atoms with E-state index in [1.54, 1.807) is 6.26 Å². The Morgan fingerprint density at radius 3 is 2.71 bits per heavy atom. The summed E-state index contributed by atoms with van der Waals surface area (Å²) in [6, 6.07) is 11.8. The summed E-state index contributed by atoms with van der Waals surface area (Å²) in [5, 5.41) is 4.36. The van der Waals surface area contributed by atoms with E-state index in [1.807, 2.05) is 50.5 Å². The third-order valence-electron chi connectivity index (χ3n) is 3.12. The maximum absolute atomic E-state index is 5.35. The first kappa shape index (κ1) is 13.6. The Kier molecular flexibility index (Phi) is 3.83. The third-order valence-corrected chi connectivity index (χ3v) is 3.12. The first-order chi connectivity index (χ1) is 10.2. The highest BCUT2D eigenvalue weighted by atomic mass is 16.3. The molecule has 3 rings (SSSR count). The van der Waals surface area contributed by atoms with Gasteiger partial charge in [-0.05, 0) is 38.4 Å². The van der Waals surface area contributed by atoms with Crippen LogP contribution in [0.2, 0.25) is 0 Å². The smallest absolute Gasteiger partial charge is 0.145 e. The van der Waals surface area contributed by atoms with Crippen LogP contribution in [0.5, 0.6) is 0 Å². The molecule has 2 aromatic heterocycles. The van der Waals surface area contributed by atoms with Gasteiger partial charge >= 0.3 is 0 Å². The first-order valence-electron chi connectivity index (χ1n) is 6.89. The van der Waals surface area contributed by atoms with E-state index < -0.39 is 0 Å². The van der Waals surface area contributed by atoms with Crippen LogP contribution in [0.3, 0.4) is 0 Å². The summed E-state index contributed by atoms with van der Waals surface area (Å²) >= 11 is 0. The largest absolute Gasteiger partial charge is 0.467 e. The minimum Gasteiger partial charge on any atom is -0.467 e. The van der Waals surface area contributed by atoms with E-state index in [0.29, 0.717) is 13.1 Å². The minimum absolute atomic E-state index is 0.607. The van der Waals surface area contributed by atoms with Crippen molar-refractivity contribution in [1.82, 2.24) is 14.9 Å². The lowest BCUT2D eigenvalue weighted by molar-refractivity contribution is 0.391. The molecule has 0 atom stereocenters. The molecule has 0 radical (unpaired) electrons. The van der Waals surface area contributed by atoms with Gasteiger partial charge in [0.15, 0.2) is 0 Å². The van der Waals surface area contributed by atoms with Crippen molar-refractivity contribution in [3.05, 3.63) is 54.2 Å². The Hall–Kier alpha value is -2.40. The molecule has 0 spiro atoms. The van der Waals surface area contributed by atoms with Crippen molar-refractivity contribution in [2.24, 2.45) is 0 Å². The van der Waals surface area contributed by atoms with Crippen molar-refractivity contribution < 1.29 is 4.42 Å². The third kappa shape index (κ3) is 3.20. The van der Waals surface area contributed by atoms with Crippen LogP contribution in [0.15, 0.2) is 47.1 Å². The fourth-order valence-corrected chi connectivity index (χ4v) is 2.20. The Morgan fingerprint density at radius 2 is 1.95 bits per heavy atom. The van der Waals surface area contributed by atoms with Gasteiger partial charge in [0.1, 0.15) is 17.4 Å². The predicted molar refractivity (Wildman–Crippen MR) is 83.0 cm³/mol. The van der Waals surface area contributed by atoms with Crippen LogP contribution in [0, 0.1) is 0 Å². The molecule has 0 saturated heterocycles. The summed E-state index contributed by atoms with van der Waals surface area (Å²) in [6.07, 6.45) is 1.67. The number of hydrogen-bond acceptors (Lipinski definition) is 5. The fourth-order valence-electron chi connectivity index (χ4n) is 2.20. The highest BCUT2D eigenvalue weighted by Crippen LogP contribution is 2.21. The van der Waals surface area contributed by atoms with Gasteiger partial charge in [0, 0.05) is 5.39 Å². The Labute approximate surface area is 123 Å². The van der Waals surface area contributed by atoms with E-state index >= 15 is 0 Å². The Morgan fingerprint density at radius 1 is 1.10 bits per heavy atom. The van der Waals surface area contributed by atoms with Crippen LogP contribution >= 0.6 is 0 Å². The summed E-state index contributed by atoms with van der Waals surface area (Å²) in [5.74, 6) is 2.53. The molecule has 1 N–H and O–H groups in total. The van der Waals surface area contributed by atoms with Crippen LogP contribution in [0.25, 0.3) is 10.9 Å². The number of para-hydroxylation sites is 1. The van der Waals surface area contributed by atoms with E-state index in [9.17, 15) is 0 Å². The van der Waals surface area contributed by atoms with Gasteiger partial charge in [0.2, 0.25) is 0 Å². The second-order valence-electron chi connectivity index (χ2n) is 5.18. The summed E-state index contributed by atoms with van der Waals surface area (Å²) in [7, 11) is 4.02. The van der Waals surface area contributed by atoms with E-state index in [-0.39, 0.29) is 0 Å². The van der Waals surface area contributed by atoms with Gasteiger partial charge in [-0.25, -0.2) is 9.97 Å². The first-order valence-corrected chi connectivity index (χ1v) is 6.89. The molecular formula is C16H18N4O. The van der Waals surface area contributed by atoms with Gasteiger partial charge in [0.25, 0.3) is 0 Å². The lowest BCUT2D eigenvalue weighted by Crippen LogP contribution is -2.14. The highest BCUT2D eigenvalue weighted by Gasteiger charge is 2.08. The molecule has 5 heteroatoms. The second kappa shape index (κ2) is 5.93. The maximum Gasteiger partial charge on any atom is 0.145 e. The number of nitrogens with zero attached hydrogens (tertiary/aromatic N) is 3. The predicted octanol–water partition coefficient (Wildman–Crippen LogP) is 2.90. The Bertz CT molecular complexity index is 722. The van der Waals surface area contributed by atoms with E-state index in [4.69, 9.17) is 4.42 Å². The van der Waals surface area contributed by atoms with E-state index in [2.05, 4.69) is 20.2 Å². The second-order valence-corrected chi connectivity index (χ2v) is 5.18. The molecule has 0 aliphatic rings. The van der Waals surface area contributed by atoms with Crippen molar-refractivity contribution in [2.45, 2.75) is 13.1 Å². The zero-order chi connectivity index (χ0) is 14.7. The van der Waals surface area contributed by atoms with Crippen molar-refractivity contribution in [1.29, 1.82) is 0 Å². The summed E-state index contributed by atoms with van der Waals surface area (Å²) < 4.78 is 5.35. The normalized spacial score (nSPS) is 11.2. The molecule has 1 aromatic carbocycles. The topological polar surface area (TPSA) is 54.2 Å². The Balaban J connectivity index is 1.93. The van der Waals surface area contributed by atoms with Gasteiger partial charge < -0.3 is 14.6 Å². The molecule has 0 aliphatic heterocycles. The molecule has 0 saturated carbocycles. The van der Waals surface area contributed by atoms with Gasteiger partial charge in [-0.2, -0.15) is 0 Å². The van der Waals surface area contributed by atoms with Crippen LogP contribution in [-0.4, -0.2) is 29.0 Å². The maximum atomic E-state index is 5.35. The van der Waals surface area contributed by atoms with Crippen LogP contribution in [-0.2, 0) is 13.1 Å². The molecule has 0 aliphatic carbocycles. The van der Waals surface area contributed by atoms with Crippen LogP contribution in [0.4, 0.5) is 5.82 Å². The number of fused-ring (bicyclic) bond motifs is 1. The number of furan rings is 1. The molecule has 21 heavy (non-hydrogen) atoms. The van der Waals surface area contributed by atoms with Crippen molar-refractivity contribution in [2.75, 3.05) is 19.4 Å². The summed E-state index contributed by atoms with van der Waals surface area (Å²) in [6.45, 7) is 1.32. The van der Waals surface area contributed by atoms with Crippen LogP contribution < -0.4 is 5.32 Å². The SMILES string of the molecule is CN(C)Cc1nc(NCc2ccco2)c2ccccc2n1. The average Bonchev–Trinajstić information content (AvgIpc) is 2.97. The molecule has 3 aromatic rings. The monoisotopic (exact) mass is 282 g/mol. The molecule has 5 nitrogen and oxygen atoms in total. The quantitative estimate of drug-likeness (QED) is 0.780. The van der Waals surface area contributed by atoms with Gasteiger partial charge in [-0.1, -0.05) is 12.1 Å². The summed E-state index contributed by atoms with van der Waals surface area (Å²) in [5.41, 5.74) is 0.950. The van der Waals surface area contributed by atoms with E-state index in [1.165, 1.54) is 0 Å². The number of aromatic nitrogens is 2. The number of hydrogen-bond donors (Lipinski definition) is 1. The summed E-state index contributed by atoms with van der Waals surface area (Å²) in [4.78, 5) is 11.3. The zero-order valence-corrected chi connectivity index (χ0v) is 12.2. The molecular weight excluding hydrogens is 264 g/mol. The number of anilines is 1. The van der Waals surface area contributed by atoms with Gasteiger partial charge in [-0.15, -0.1) is 0 Å². The number of nitrogens with one attached hydrogen (secondary N) is 1. The van der Waals surface area contributed by atoms with Gasteiger partial charge in [-0.3, -0.25) is 0 Å². The molecule has 0 bridgehead atoms. The molecule has 0 fully saturated rings. The molecule has 0 unspecified atom stereocenters. The number of rotatable bonds is 5. The average molecular weight is 282 g/mol. The number of benzene rings is 1. The zero-order valence-electron chi connectivity index (χ0n) is 12.2. The highest BCUT2D eigenvalue weighted by molar-refractivity contribution is 5.88. The fraction of sp³-hybridized carbons (Fsp3) is 0.250. The molecule has 108 valence electrons. The van der Waals surface area contributed by atoms with Crippen molar-refractivity contribution >= 4 is 16.7 Å². The van der Waals surface area contributed by atoms with Crippen molar-refractivity contribution in [3.8, 4) is 0 Å². The van der Waals surface area contributed by atoms with E-state index in [0.717, 1.165) is 28.3 Å². The minimum atomic E-state index is 0.607. The van der Waals surface area contributed by atoms with Crippen molar-refractivity contribution in [3.63, 3.8) is 0 Å².